The Hall–Kier alpha value is -0.0800. The molecule has 104 valence electrons. The van der Waals surface area contributed by atoms with Gasteiger partial charge in [-0.3, -0.25) is 0 Å². The number of rotatable bonds is 3. The molecule has 3 aliphatic rings. The molecule has 1 N–H and O–H groups in total. The molecular formula is C16H30N2. The molecule has 0 aromatic heterocycles. The van der Waals surface area contributed by atoms with Crippen LogP contribution in [0.15, 0.2) is 0 Å². The van der Waals surface area contributed by atoms with Gasteiger partial charge in [-0.25, -0.2) is 0 Å². The van der Waals surface area contributed by atoms with Crippen LogP contribution in [0.3, 0.4) is 0 Å². The minimum Gasteiger partial charge on any atom is -0.312 e. The first kappa shape index (κ1) is 12.9. The fraction of sp³-hybridized carbons (Fsp3) is 1.00. The second kappa shape index (κ2) is 5.50. The van der Waals surface area contributed by atoms with Gasteiger partial charge in [0.05, 0.1) is 0 Å². The molecule has 0 radical (unpaired) electrons. The van der Waals surface area contributed by atoms with Crippen molar-refractivity contribution < 1.29 is 0 Å². The molecule has 2 nitrogen and oxygen atoms in total. The number of nitrogens with one attached hydrogen (secondary N) is 1. The molecule has 0 aromatic carbocycles. The highest BCUT2D eigenvalue weighted by atomic mass is 15.2. The zero-order valence-electron chi connectivity index (χ0n) is 12.1. The molecule has 2 saturated carbocycles. The minimum atomic E-state index is 0.794. The van der Waals surface area contributed by atoms with Crippen LogP contribution in [0.5, 0.6) is 0 Å². The molecule has 1 atom stereocenters. The molecule has 3 rings (SSSR count). The van der Waals surface area contributed by atoms with Gasteiger partial charge in [-0.2, -0.15) is 0 Å². The van der Waals surface area contributed by atoms with E-state index in [4.69, 9.17) is 0 Å². The number of hydrogen-bond donors (Lipinski definition) is 1. The smallest absolute Gasteiger partial charge is 0.0218 e. The summed E-state index contributed by atoms with van der Waals surface area (Å²) in [5.41, 5.74) is 0.794. The van der Waals surface area contributed by atoms with Gasteiger partial charge in [0.1, 0.15) is 0 Å². The molecule has 0 bridgehead atoms. The van der Waals surface area contributed by atoms with Crippen LogP contribution >= 0.6 is 0 Å². The van der Waals surface area contributed by atoms with E-state index in [0.29, 0.717) is 0 Å². The lowest BCUT2D eigenvalue weighted by atomic mass is 9.71. The largest absolute Gasteiger partial charge is 0.312 e. The van der Waals surface area contributed by atoms with Crippen LogP contribution in [0.25, 0.3) is 0 Å². The second-order valence-corrected chi connectivity index (χ2v) is 7.17. The van der Waals surface area contributed by atoms with Gasteiger partial charge in [-0.05, 0) is 70.4 Å². The van der Waals surface area contributed by atoms with Gasteiger partial charge in [0.25, 0.3) is 0 Å². The maximum atomic E-state index is 3.86. The summed E-state index contributed by atoms with van der Waals surface area (Å²) in [6.07, 6.45) is 14.8. The van der Waals surface area contributed by atoms with E-state index in [1.807, 2.05) is 0 Å². The zero-order chi connectivity index (χ0) is 12.4. The summed E-state index contributed by atoms with van der Waals surface area (Å²) in [5, 5.41) is 3.86. The van der Waals surface area contributed by atoms with Crippen LogP contribution in [0, 0.1) is 5.41 Å². The molecule has 2 heteroatoms. The third kappa shape index (κ3) is 2.75. The van der Waals surface area contributed by atoms with E-state index in [1.54, 1.807) is 0 Å². The van der Waals surface area contributed by atoms with Gasteiger partial charge in [0.2, 0.25) is 0 Å². The molecular weight excluding hydrogens is 220 g/mol. The highest BCUT2D eigenvalue weighted by molar-refractivity contribution is 4.92. The highest BCUT2D eigenvalue weighted by Crippen LogP contribution is 2.48. The molecule has 18 heavy (non-hydrogen) atoms. The van der Waals surface area contributed by atoms with E-state index < -0.39 is 0 Å². The minimum absolute atomic E-state index is 0.794. The van der Waals surface area contributed by atoms with E-state index in [-0.39, 0.29) is 0 Å². The Kier molecular flexibility index (Phi) is 3.95. The van der Waals surface area contributed by atoms with Crippen LogP contribution in [-0.4, -0.2) is 37.1 Å². The van der Waals surface area contributed by atoms with Crippen molar-refractivity contribution in [3.63, 3.8) is 0 Å². The van der Waals surface area contributed by atoms with Gasteiger partial charge in [0, 0.05) is 18.6 Å². The molecule has 1 spiro atoms. The van der Waals surface area contributed by atoms with E-state index in [2.05, 4.69) is 17.3 Å². The van der Waals surface area contributed by atoms with E-state index in [9.17, 15) is 0 Å². The third-order valence-corrected chi connectivity index (χ3v) is 6.02. The highest BCUT2D eigenvalue weighted by Gasteiger charge is 2.37. The first-order valence-electron chi connectivity index (χ1n) is 8.21. The van der Waals surface area contributed by atoms with Crippen molar-refractivity contribution in [1.29, 1.82) is 0 Å². The number of nitrogens with zero attached hydrogens (tertiary/aromatic N) is 1. The fourth-order valence-electron chi connectivity index (χ4n) is 4.60. The Labute approximate surface area is 113 Å². The van der Waals surface area contributed by atoms with E-state index in [1.165, 1.54) is 77.3 Å². The fourth-order valence-corrected chi connectivity index (χ4v) is 4.60. The van der Waals surface area contributed by atoms with Crippen LogP contribution in [-0.2, 0) is 0 Å². The topological polar surface area (TPSA) is 15.3 Å². The first-order chi connectivity index (χ1) is 8.77. The molecule has 1 saturated heterocycles. The van der Waals surface area contributed by atoms with Crippen LogP contribution in [0.4, 0.5) is 0 Å². The van der Waals surface area contributed by atoms with Crippen molar-refractivity contribution >= 4 is 0 Å². The Bertz CT molecular complexity index is 260. The standard InChI is InChI=1S/C16H30N2/c1-18-12-4-5-15(18)13-17-14-6-10-16(11-7-14)8-2-3-9-16/h14-15,17H,2-13H2,1H3. The van der Waals surface area contributed by atoms with Crippen molar-refractivity contribution in [3.05, 3.63) is 0 Å². The molecule has 3 fully saturated rings. The SMILES string of the molecule is CN1CCCC1CNC1CCC2(CCCC2)CC1. The summed E-state index contributed by atoms with van der Waals surface area (Å²) >= 11 is 0. The van der Waals surface area contributed by atoms with Crippen molar-refractivity contribution in [2.75, 3.05) is 20.1 Å². The maximum Gasteiger partial charge on any atom is 0.0218 e. The number of hydrogen-bond acceptors (Lipinski definition) is 2. The lowest BCUT2D eigenvalue weighted by molar-refractivity contribution is 0.163. The monoisotopic (exact) mass is 250 g/mol. The lowest BCUT2D eigenvalue weighted by Crippen LogP contribution is -2.43. The van der Waals surface area contributed by atoms with Gasteiger partial charge >= 0.3 is 0 Å². The van der Waals surface area contributed by atoms with Gasteiger partial charge in [-0.15, -0.1) is 0 Å². The Morgan fingerprint density at radius 2 is 1.72 bits per heavy atom. The summed E-state index contributed by atoms with van der Waals surface area (Å²) in [6, 6.07) is 1.64. The van der Waals surface area contributed by atoms with Crippen molar-refractivity contribution in [3.8, 4) is 0 Å². The average Bonchev–Trinajstić information content (AvgIpc) is 2.99. The normalized spacial score (nSPS) is 33.5. The predicted molar refractivity (Wildman–Crippen MR) is 76.8 cm³/mol. The second-order valence-electron chi connectivity index (χ2n) is 7.17. The van der Waals surface area contributed by atoms with E-state index >= 15 is 0 Å². The zero-order valence-corrected chi connectivity index (χ0v) is 12.1. The van der Waals surface area contributed by atoms with Crippen LogP contribution in [0.2, 0.25) is 0 Å². The summed E-state index contributed by atoms with van der Waals surface area (Å²) < 4.78 is 0. The summed E-state index contributed by atoms with van der Waals surface area (Å²) in [6.45, 7) is 2.54. The number of likely N-dealkylation sites (N-methyl/N-ethyl adjacent to an activating group) is 1. The maximum absolute atomic E-state index is 3.86. The molecule has 1 unspecified atom stereocenters. The Balaban J connectivity index is 1.40. The first-order valence-corrected chi connectivity index (χ1v) is 8.21. The lowest BCUT2D eigenvalue weighted by Gasteiger charge is -2.38. The predicted octanol–water partition coefficient (Wildman–Crippen LogP) is 3.17. The van der Waals surface area contributed by atoms with Crippen molar-refractivity contribution in [1.82, 2.24) is 10.2 Å². The molecule has 2 aliphatic carbocycles. The quantitative estimate of drug-likeness (QED) is 0.827. The molecule has 0 aromatic rings. The molecule has 0 amide bonds. The average molecular weight is 250 g/mol. The van der Waals surface area contributed by atoms with Gasteiger partial charge in [0.15, 0.2) is 0 Å². The summed E-state index contributed by atoms with van der Waals surface area (Å²) in [4.78, 5) is 2.54. The summed E-state index contributed by atoms with van der Waals surface area (Å²) in [5.74, 6) is 0. The summed E-state index contributed by atoms with van der Waals surface area (Å²) in [7, 11) is 2.29. The van der Waals surface area contributed by atoms with Crippen LogP contribution < -0.4 is 5.32 Å². The van der Waals surface area contributed by atoms with Crippen molar-refractivity contribution in [2.45, 2.75) is 76.3 Å². The van der Waals surface area contributed by atoms with Crippen molar-refractivity contribution in [2.24, 2.45) is 5.41 Å². The molecule has 1 aliphatic heterocycles. The van der Waals surface area contributed by atoms with Crippen LogP contribution in [0.1, 0.15) is 64.2 Å². The Morgan fingerprint density at radius 1 is 1.00 bits per heavy atom. The molecule has 1 heterocycles. The third-order valence-electron chi connectivity index (χ3n) is 6.02. The Morgan fingerprint density at radius 3 is 2.33 bits per heavy atom. The number of likely N-dealkylation sites (tertiary alicyclic amines) is 1. The van der Waals surface area contributed by atoms with E-state index in [0.717, 1.165) is 17.5 Å². The van der Waals surface area contributed by atoms with Gasteiger partial charge < -0.3 is 10.2 Å². The van der Waals surface area contributed by atoms with Gasteiger partial charge in [-0.1, -0.05) is 12.8 Å².